The molecule has 0 aliphatic heterocycles. The summed E-state index contributed by atoms with van der Waals surface area (Å²) in [7, 11) is 1.50. The quantitative estimate of drug-likeness (QED) is 0.700. The minimum atomic E-state index is -1.01. The molecular formula is C17H18N4O4. The predicted octanol–water partition coefficient (Wildman–Crippen LogP) is 1.56. The first kappa shape index (κ1) is 18.1. The van der Waals surface area contributed by atoms with Crippen LogP contribution in [0.4, 0.5) is 5.69 Å². The number of nitrogens with one attached hydrogen (secondary N) is 1. The number of aliphatic carboxylic acids is 1. The van der Waals surface area contributed by atoms with E-state index in [1.165, 1.54) is 14.0 Å². The highest BCUT2D eigenvalue weighted by Gasteiger charge is 2.15. The molecule has 2 rings (SSSR count). The molecule has 1 aromatic carbocycles. The maximum absolute atomic E-state index is 11.8. The van der Waals surface area contributed by atoms with E-state index in [0.717, 1.165) is 0 Å². The Morgan fingerprint density at radius 3 is 2.60 bits per heavy atom. The number of carboxylic acids is 1. The second-order valence-corrected chi connectivity index (χ2v) is 5.04. The van der Waals surface area contributed by atoms with Crippen LogP contribution in [-0.4, -0.2) is 46.1 Å². The van der Waals surface area contributed by atoms with Crippen molar-refractivity contribution in [3.05, 3.63) is 48.0 Å². The average molecular weight is 342 g/mol. The number of nitrogens with zero attached hydrogens (tertiary/aromatic N) is 3. The normalized spacial score (nSPS) is 11.0. The molecule has 0 atom stereocenters. The van der Waals surface area contributed by atoms with Crippen molar-refractivity contribution in [1.29, 1.82) is 0 Å². The molecule has 1 aromatic heterocycles. The van der Waals surface area contributed by atoms with Gasteiger partial charge in [0.25, 0.3) is 0 Å². The van der Waals surface area contributed by atoms with Gasteiger partial charge >= 0.3 is 5.97 Å². The number of carboxylic acid groups (broad SMARTS) is 1. The van der Waals surface area contributed by atoms with Gasteiger partial charge in [-0.25, -0.2) is 9.97 Å². The summed E-state index contributed by atoms with van der Waals surface area (Å²) in [6.45, 7) is 1.29. The molecule has 0 saturated carbocycles. The first-order chi connectivity index (χ1) is 12.0. The van der Waals surface area contributed by atoms with Crippen molar-refractivity contribution in [2.75, 3.05) is 18.9 Å². The number of aliphatic imine (C=N–C) groups is 1. The molecule has 0 radical (unpaired) electrons. The molecular weight excluding hydrogens is 324 g/mol. The number of anilines is 1. The van der Waals surface area contributed by atoms with Crippen LogP contribution in [0.1, 0.15) is 18.3 Å². The molecule has 0 amide bonds. The Balaban J connectivity index is 2.27. The largest absolute Gasteiger partial charge is 0.486 e. The minimum Gasteiger partial charge on any atom is -0.486 e. The van der Waals surface area contributed by atoms with Crippen molar-refractivity contribution in [1.82, 2.24) is 9.97 Å². The maximum atomic E-state index is 11.8. The molecule has 0 saturated heterocycles. The van der Waals surface area contributed by atoms with Crippen LogP contribution in [0.15, 0.2) is 41.7 Å². The van der Waals surface area contributed by atoms with Crippen LogP contribution in [0.3, 0.4) is 0 Å². The van der Waals surface area contributed by atoms with E-state index in [1.807, 2.05) is 0 Å². The Kier molecular flexibility index (Phi) is 6.16. The second-order valence-electron chi connectivity index (χ2n) is 5.04. The molecule has 0 bridgehead atoms. The molecule has 8 heteroatoms. The fourth-order valence-electron chi connectivity index (χ4n) is 2.15. The van der Waals surface area contributed by atoms with Crippen LogP contribution in [-0.2, 0) is 16.2 Å². The van der Waals surface area contributed by atoms with Gasteiger partial charge in [-0.15, -0.1) is 0 Å². The lowest BCUT2D eigenvalue weighted by Gasteiger charge is -2.14. The Morgan fingerprint density at radius 2 is 2.00 bits per heavy atom. The number of Topliss-reactive ketones (excluding diaryl/α,β-unsaturated/α-hetero) is 1. The number of hydrogen-bond donors (Lipinski definition) is 2. The Labute approximate surface area is 144 Å². The van der Waals surface area contributed by atoms with Gasteiger partial charge in [-0.3, -0.25) is 14.6 Å². The van der Waals surface area contributed by atoms with Gasteiger partial charge in [-0.2, -0.15) is 0 Å². The molecule has 2 aromatic rings. The number of carbonyl (C=O) groups is 2. The minimum absolute atomic E-state index is 0.168. The summed E-state index contributed by atoms with van der Waals surface area (Å²) in [6.07, 6.45) is 3.24. The van der Waals surface area contributed by atoms with Gasteiger partial charge in [-0.1, -0.05) is 0 Å². The Hall–Kier alpha value is -3.29. The van der Waals surface area contributed by atoms with Crippen LogP contribution >= 0.6 is 0 Å². The highest BCUT2D eigenvalue weighted by atomic mass is 16.5. The zero-order chi connectivity index (χ0) is 18.2. The number of ether oxygens (including phenoxy) is 1. The van der Waals surface area contributed by atoms with Crippen LogP contribution in [0, 0.1) is 0 Å². The summed E-state index contributed by atoms with van der Waals surface area (Å²) in [6, 6.07) is 6.66. The predicted molar refractivity (Wildman–Crippen MR) is 92.1 cm³/mol. The van der Waals surface area contributed by atoms with Gasteiger partial charge in [0, 0.05) is 37.6 Å². The fraction of sp³-hybridized carbons (Fsp3) is 0.235. The number of hydrogen-bond acceptors (Lipinski definition) is 7. The molecule has 8 nitrogen and oxygen atoms in total. The molecule has 0 spiro atoms. The number of benzene rings is 1. The number of carbonyl (C=O) groups excluding carboxylic acids is 1. The second kappa shape index (κ2) is 8.53. The molecule has 25 heavy (non-hydrogen) atoms. The standard InChI is InChI=1S/C17H18N4O4/c1-11(22)17(18-2)13-8-12(4-5-14(13)21-9-16(23)24)25-10-15-19-6-3-7-20-15/h3-8,21H,9-10H2,1-2H3,(H,23,24)/b18-17-. The van der Waals surface area contributed by atoms with E-state index >= 15 is 0 Å². The van der Waals surface area contributed by atoms with E-state index in [-0.39, 0.29) is 24.6 Å². The topological polar surface area (TPSA) is 114 Å². The Morgan fingerprint density at radius 1 is 1.28 bits per heavy atom. The SMILES string of the molecule is C/N=C(/C(C)=O)c1cc(OCc2ncccn2)ccc1NCC(=O)O. The summed E-state index contributed by atoms with van der Waals surface area (Å²) in [5.74, 6) is -0.228. The van der Waals surface area contributed by atoms with E-state index in [0.29, 0.717) is 22.8 Å². The average Bonchev–Trinajstić information content (AvgIpc) is 2.60. The van der Waals surface area contributed by atoms with Crippen LogP contribution in [0.2, 0.25) is 0 Å². The van der Waals surface area contributed by atoms with Crippen molar-refractivity contribution >= 4 is 23.2 Å². The summed E-state index contributed by atoms with van der Waals surface area (Å²) in [4.78, 5) is 34.8. The highest BCUT2D eigenvalue weighted by molar-refractivity contribution is 6.46. The number of rotatable bonds is 8. The zero-order valence-corrected chi connectivity index (χ0v) is 13.9. The van der Waals surface area contributed by atoms with Gasteiger partial charge < -0.3 is 15.2 Å². The Bertz CT molecular complexity index is 790. The smallest absolute Gasteiger partial charge is 0.322 e. The van der Waals surface area contributed by atoms with Gasteiger partial charge in [0.2, 0.25) is 0 Å². The lowest BCUT2D eigenvalue weighted by molar-refractivity contribution is -0.134. The van der Waals surface area contributed by atoms with Gasteiger partial charge in [0.05, 0.1) is 0 Å². The summed E-state index contributed by atoms with van der Waals surface area (Å²) in [5.41, 5.74) is 1.19. The van der Waals surface area contributed by atoms with E-state index < -0.39 is 5.97 Å². The third kappa shape index (κ3) is 5.10. The molecule has 0 aliphatic rings. The van der Waals surface area contributed by atoms with Gasteiger partial charge in [0.1, 0.15) is 24.6 Å². The van der Waals surface area contributed by atoms with E-state index in [9.17, 15) is 9.59 Å². The molecule has 0 unspecified atom stereocenters. The first-order valence-corrected chi connectivity index (χ1v) is 7.47. The number of ketones is 1. The van der Waals surface area contributed by atoms with Crippen molar-refractivity contribution in [2.45, 2.75) is 13.5 Å². The van der Waals surface area contributed by atoms with Crippen molar-refractivity contribution in [3.63, 3.8) is 0 Å². The number of aromatic nitrogens is 2. The molecule has 0 aliphatic carbocycles. The van der Waals surface area contributed by atoms with Crippen molar-refractivity contribution in [2.24, 2.45) is 4.99 Å². The third-order valence-corrected chi connectivity index (χ3v) is 3.22. The van der Waals surface area contributed by atoms with Crippen LogP contribution < -0.4 is 10.1 Å². The first-order valence-electron chi connectivity index (χ1n) is 7.47. The lowest BCUT2D eigenvalue weighted by atomic mass is 10.0. The maximum Gasteiger partial charge on any atom is 0.322 e. The monoisotopic (exact) mass is 342 g/mol. The van der Waals surface area contributed by atoms with E-state index in [4.69, 9.17) is 9.84 Å². The van der Waals surface area contributed by atoms with Gasteiger partial charge in [0.15, 0.2) is 11.6 Å². The highest BCUT2D eigenvalue weighted by Crippen LogP contribution is 2.24. The third-order valence-electron chi connectivity index (χ3n) is 3.22. The van der Waals surface area contributed by atoms with Crippen molar-refractivity contribution in [3.8, 4) is 5.75 Å². The molecule has 1 heterocycles. The summed E-state index contributed by atoms with van der Waals surface area (Å²) >= 11 is 0. The summed E-state index contributed by atoms with van der Waals surface area (Å²) in [5, 5.41) is 11.6. The van der Waals surface area contributed by atoms with Gasteiger partial charge in [-0.05, 0) is 24.3 Å². The van der Waals surface area contributed by atoms with Crippen molar-refractivity contribution < 1.29 is 19.4 Å². The molecule has 2 N–H and O–H groups in total. The van der Waals surface area contributed by atoms with E-state index in [1.54, 1.807) is 36.7 Å². The molecule has 0 fully saturated rings. The fourth-order valence-corrected chi connectivity index (χ4v) is 2.15. The van der Waals surface area contributed by atoms with Crippen LogP contribution in [0.5, 0.6) is 5.75 Å². The lowest BCUT2D eigenvalue weighted by Crippen LogP contribution is -2.18. The van der Waals surface area contributed by atoms with Crippen LogP contribution in [0.25, 0.3) is 0 Å². The zero-order valence-electron chi connectivity index (χ0n) is 13.9. The van der Waals surface area contributed by atoms with E-state index in [2.05, 4.69) is 20.3 Å². The molecule has 130 valence electrons. The summed E-state index contributed by atoms with van der Waals surface area (Å²) < 4.78 is 5.65.